The number of hydrogen-bond donors (Lipinski definition) is 2. The van der Waals surface area contributed by atoms with E-state index in [0.717, 1.165) is 12.1 Å². The van der Waals surface area contributed by atoms with Crippen molar-refractivity contribution in [3.05, 3.63) is 77.4 Å². The average molecular weight is 406 g/mol. The van der Waals surface area contributed by atoms with Crippen LogP contribution in [0.5, 0.6) is 0 Å². The van der Waals surface area contributed by atoms with Gasteiger partial charge >= 0.3 is 6.03 Å². The van der Waals surface area contributed by atoms with Crippen LogP contribution in [0.4, 0.5) is 10.5 Å². The second-order valence-electron chi connectivity index (χ2n) is 8.00. The molecular weight excluding hydrogens is 374 g/mol. The number of allylic oxidation sites excluding steroid dienone is 2. The molecule has 0 aromatic heterocycles. The van der Waals surface area contributed by atoms with Crippen molar-refractivity contribution in [1.29, 1.82) is 0 Å². The van der Waals surface area contributed by atoms with Crippen LogP contribution in [-0.2, 0) is 11.3 Å². The number of rotatable bonds is 7. The quantitative estimate of drug-likeness (QED) is 0.357. The topological polar surface area (TPSA) is 62.7 Å². The van der Waals surface area contributed by atoms with E-state index in [1.54, 1.807) is 0 Å². The number of ether oxygens (including phenoxy) is 1. The molecule has 2 N–H and O–H groups in total. The van der Waals surface area contributed by atoms with E-state index in [9.17, 15) is 4.79 Å². The van der Waals surface area contributed by atoms with Crippen LogP contribution in [0.25, 0.3) is 0 Å². The van der Waals surface area contributed by atoms with Crippen molar-refractivity contribution >= 4 is 17.9 Å². The highest BCUT2D eigenvalue weighted by Crippen LogP contribution is 2.37. The largest absolute Gasteiger partial charge is 0.376 e. The lowest BCUT2D eigenvalue weighted by molar-refractivity contribution is 0.0674. The summed E-state index contributed by atoms with van der Waals surface area (Å²) < 4.78 is 6.04. The Kier molecular flexibility index (Phi) is 7.80. The average Bonchev–Trinajstić information content (AvgIpc) is 2.75. The lowest BCUT2D eigenvalue weighted by Crippen LogP contribution is -2.33. The molecule has 0 aliphatic heterocycles. The first-order chi connectivity index (χ1) is 14.5. The Morgan fingerprint density at radius 3 is 2.47 bits per heavy atom. The maximum atomic E-state index is 12.1. The number of carbonyl (C=O) groups excluding carboxylic acids is 1. The lowest BCUT2D eigenvalue weighted by atomic mass is 9.71. The number of carbonyl (C=O) groups is 1. The van der Waals surface area contributed by atoms with Gasteiger partial charge in [-0.1, -0.05) is 66.6 Å². The minimum Gasteiger partial charge on any atom is -0.376 e. The predicted octanol–water partition coefficient (Wildman–Crippen LogP) is 5.62. The molecule has 3 rings (SSSR count). The van der Waals surface area contributed by atoms with E-state index in [-0.39, 0.29) is 11.9 Å². The zero-order valence-electron chi connectivity index (χ0n) is 18.0. The Hall–Kier alpha value is -2.92. The van der Waals surface area contributed by atoms with Gasteiger partial charge in [-0.3, -0.25) is 0 Å². The van der Waals surface area contributed by atoms with Gasteiger partial charge in [-0.2, -0.15) is 5.10 Å². The molecule has 2 amide bonds. The molecule has 0 spiro atoms. The van der Waals surface area contributed by atoms with E-state index < -0.39 is 0 Å². The lowest BCUT2D eigenvalue weighted by Gasteiger charge is -2.35. The number of anilines is 1. The maximum Gasteiger partial charge on any atom is 0.339 e. The minimum atomic E-state index is -0.346. The Morgan fingerprint density at radius 2 is 1.77 bits per heavy atom. The third-order valence-electron chi connectivity index (χ3n) is 5.93. The predicted molar refractivity (Wildman–Crippen MR) is 122 cm³/mol. The van der Waals surface area contributed by atoms with Crippen molar-refractivity contribution in [3.63, 3.8) is 0 Å². The minimum absolute atomic E-state index is 0.210. The van der Waals surface area contributed by atoms with E-state index >= 15 is 0 Å². The highest BCUT2D eigenvalue weighted by Gasteiger charge is 2.32. The molecule has 5 nitrogen and oxygen atoms in total. The van der Waals surface area contributed by atoms with Crippen LogP contribution in [0.2, 0.25) is 0 Å². The van der Waals surface area contributed by atoms with Gasteiger partial charge in [-0.25, -0.2) is 10.2 Å². The van der Waals surface area contributed by atoms with Gasteiger partial charge < -0.3 is 10.1 Å². The number of hydrogen-bond acceptors (Lipinski definition) is 3. The number of para-hydroxylation sites is 1. The third kappa shape index (κ3) is 6.04. The van der Waals surface area contributed by atoms with Gasteiger partial charge in [0.25, 0.3) is 0 Å². The van der Waals surface area contributed by atoms with Crippen molar-refractivity contribution in [2.45, 2.75) is 33.8 Å². The number of benzene rings is 2. The molecule has 158 valence electrons. The van der Waals surface area contributed by atoms with Crippen molar-refractivity contribution in [2.75, 3.05) is 11.9 Å². The summed E-state index contributed by atoms with van der Waals surface area (Å²) in [5.41, 5.74) is 7.33. The monoisotopic (exact) mass is 405 g/mol. The molecule has 2 aromatic carbocycles. The molecule has 0 fully saturated rings. The molecule has 0 saturated carbocycles. The molecular formula is C25H31N3O2. The molecule has 0 saturated heterocycles. The van der Waals surface area contributed by atoms with Gasteiger partial charge in [0.05, 0.1) is 13.2 Å². The Balaban J connectivity index is 1.58. The van der Waals surface area contributed by atoms with Crippen LogP contribution in [-0.4, -0.2) is 18.9 Å². The molecule has 5 heteroatoms. The normalized spacial score (nSPS) is 21.6. The van der Waals surface area contributed by atoms with Crippen molar-refractivity contribution in [2.24, 2.45) is 22.9 Å². The van der Waals surface area contributed by atoms with E-state index in [0.29, 0.717) is 25.0 Å². The summed E-state index contributed by atoms with van der Waals surface area (Å²) in [6.45, 7) is 7.89. The SMILES string of the molecule is CC1=C(C)[C@@H](C)[C@@H](/C=N/NC(=O)Nc2ccccc2)[C@@H](COCc2ccccc2)C1. The zero-order valence-corrected chi connectivity index (χ0v) is 18.0. The first kappa shape index (κ1) is 21.8. The Morgan fingerprint density at radius 1 is 1.10 bits per heavy atom. The summed E-state index contributed by atoms with van der Waals surface area (Å²) in [5, 5.41) is 7.02. The summed E-state index contributed by atoms with van der Waals surface area (Å²) in [5.74, 6) is 0.892. The number of nitrogens with zero attached hydrogens (tertiary/aromatic N) is 1. The fourth-order valence-electron chi connectivity index (χ4n) is 3.96. The fraction of sp³-hybridized carbons (Fsp3) is 0.360. The summed E-state index contributed by atoms with van der Waals surface area (Å²) in [6, 6.07) is 19.2. The molecule has 0 bridgehead atoms. The van der Waals surface area contributed by atoms with Gasteiger partial charge in [0.1, 0.15) is 0 Å². The van der Waals surface area contributed by atoms with Crippen LogP contribution < -0.4 is 10.7 Å². The van der Waals surface area contributed by atoms with E-state index in [1.807, 2.05) is 54.7 Å². The molecule has 0 unspecified atom stereocenters. The standard InChI is InChI=1S/C25H31N3O2/c1-18-14-22(17-30-16-21-10-6-4-7-11-21)24(20(3)19(18)2)15-26-28-25(29)27-23-12-8-5-9-13-23/h4-13,15,20,22,24H,14,16-17H2,1-3H3,(H2,27,28,29)/b26-15+/t20-,22-,24-/m1/s1. The van der Waals surface area contributed by atoms with Gasteiger partial charge in [-0.15, -0.1) is 0 Å². The molecule has 3 atom stereocenters. The number of hydrazone groups is 1. The number of nitrogens with one attached hydrogen (secondary N) is 2. The van der Waals surface area contributed by atoms with E-state index in [1.165, 1.54) is 16.7 Å². The molecule has 1 aliphatic rings. The molecule has 0 heterocycles. The number of urea groups is 1. The second kappa shape index (κ2) is 10.7. The van der Waals surface area contributed by atoms with Gasteiger partial charge in [0, 0.05) is 17.8 Å². The van der Waals surface area contributed by atoms with Gasteiger partial charge in [-0.05, 0) is 49.8 Å². The van der Waals surface area contributed by atoms with Crippen LogP contribution >= 0.6 is 0 Å². The second-order valence-corrected chi connectivity index (χ2v) is 8.00. The smallest absolute Gasteiger partial charge is 0.339 e. The fourth-order valence-corrected chi connectivity index (χ4v) is 3.96. The Labute approximate surface area is 179 Å². The highest BCUT2D eigenvalue weighted by molar-refractivity contribution is 5.89. The van der Waals surface area contributed by atoms with Gasteiger partial charge in [0.2, 0.25) is 0 Å². The first-order valence-corrected chi connectivity index (χ1v) is 10.5. The van der Waals surface area contributed by atoms with Crippen LogP contribution in [0.1, 0.15) is 32.8 Å². The zero-order chi connectivity index (χ0) is 21.3. The highest BCUT2D eigenvalue weighted by atomic mass is 16.5. The Bertz CT molecular complexity index is 878. The van der Waals surface area contributed by atoms with Crippen molar-refractivity contribution in [1.82, 2.24) is 5.43 Å². The summed E-state index contributed by atoms with van der Waals surface area (Å²) >= 11 is 0. The van der Waals surface area contributed by atoms with Crippen LogP contribution in [0.15, 0.2) is 76.9 Å². The molecule has 2 aromatic rings. The molecule has 0 radical (unpaired) electrons. The first-order valence-electron chi connectivity index (χ1n) is 10.5. The summed E-state index contributed by atoms with van der Waals surface area (Å²) in [7, 11) is 0. The van der Waals surface area contributed by atoms with Crippen LogP contribution in [0.3, 0.4) is 0 Å². The molecule has 1 aliphatic carbocycles. The van der Waals surface area contributed by atoms with E-state index in [2.05, 4.69) is 48.7 Å². The van der Waals surface area contributed by atoms with Gasteiger partial charge in [0.15, 0.2) is 0 Å². The summed E-state index contributed by atoms with van der Waals surface area (Å²) in [4.78, 5) is 12.1. The van der Waals surface area contributed by atoms with Crippen molar-refractivity contribution in [3.8, 4) is 0 Å². The molecule has 30 heavy (non-hydrogen) atoms. The summed E-state index contributed by atoms with van der Waals surface area (Å²) in [6.07, 6.45) is 2.86. The number of amides is 2. The third-order valence-corrected chi connectivity index (χ3v) is 5.93. The maximum absolute atomic E-state index is 12.1. The van der Waals surface area contributed by atoms with Crippen molar-refractivity contribution < 1.29 is 9.53 Å². The van der Waals surface area contributed by atoms with Crippen LogP contribution in [0, 0.1) is 17.8 Å². The van der Waals surface area contributed by atoms with E-state index in [4.69, 9.17) is 4.74 Å².